The highest BCUT2D eigenvalue weighted by Crippen LogP contribution is 2.16. The molecule has 0 amide bonds. The molecule has 2 heterocycles. The van der Waals surface area contributed by atoms with Crippen LogP contribution in [0.1, 0.15) is 5.82 Å². The Hall–Kier alpha value is -1.90. The van der Waals surface area contributed by atoms with E-state index in [9.17, 15) is 0 Å². The Morgan fingerprint density at radius 1 is 1.14 bits per heavy atom. The van der Waals surface area contributed by atoms with Crippen molar-refractivity contribution in [1.29, 1.82) is 5.26 Å². The van der Waals surface area contributed by atoms with E-state index in [0.717, 1.165) is 56.1 Å². The Kier molecular flexibility index (Phi) is 4.18. The van der Waals surface area contributed by atoms with Crippen LogP contribution >= 0.6 is 0 Å². The Morgan fingerprint density at radius 2 is 1.90 bits per heavy atom. The lowest BCUT2D eigenvalue weighted by molar-refractivity contribution is 0.150. The molecule has 1 aliphatic heterocycles. The number of fused-ring (bicyclic) bond motifs is 1. The van der Waals surface area contributed by atoms with Crippen molar-refractivity contribution in [2.45, 2.75) is 13.0 Å². The van der Waals surface area contributed by atoms with E-state index in [2.05, 4.69) is 38.5 Å². The van der Waals surface area contributed by atoms with Gasteiger partial charge in [0.25, 0.3) is 0 Å². The molecule has 3 rings (SSSR count). The van der Waals surface area contributed by atoms with Gasteiger partial charge in [-0.3, -0.25) is 4.90 Å². The minimum Gasteiger partial charge on any atom is -0.326 e. The van der Waals surface area contributed by atoms with Crippen molar-refractivity contribution in [3.63, 3.8) is 0 Å². The van der Waals surface area contributed by atoms with Gasteiger partial charge in [-0.15, -0.1) is 0 Å². The standard InChI is InChI=1S/C16H21N5/c1-19-8-10-20(11-9-19)12-13-21-15-5-3-2-4-14(15)18-16(21)6-7-17/h2-5H,6,8-13H2,1H3. The fourth-order valence-corrected chi connectivity index (χ4v) is 2.89. The third-order valence-electron chi connectivity index (χ3n) is 4.21. The summed E-state index contributed by atoms with van der Waals surface area (Å²) in [6, 6.07) is 10.4. The maximum atomic E-state index is 9.00. The lowest BCUT2D eigenvalue weighted by Gasteiger charge is -2.32. The van der Waals surface area contributed by atoms with Gasteiger partial charge in [-0.25, -0.2) is 4.98 Å². The number of nitriles is 1. The predicted molar refractivity (Wildman–Crippen MR) is 83.0 cm³/mol. The molecule has 0 aliphatic carbocycles. The van der Waals surface area contributed by atoms with Gasteiger partial charge < -0.3 is 9.47 Å². The molecule has 1 aromatic carbocycles. The average molecular weight is 283 g/mol. The Morgan fingerprint density at radius 3 is 2.67 bits per heavy atom. The van der Waals surface area contributed by atoms with Crippen molar-refractivity contribution < 1.29 is 0 Å². The van der Waals surface area contributed by atoms with Crippen LogP contribution in [0.25, 0.3) is 11.0 Å². The van der Waals surface area contributed by atoms with Gasteiger partial charge in [0.2, 0.25) is 0 Å². The van der Waals surface area contributed by atoms with E-state index in [1.54, 1.807) is 0 Å². The van der Waals surface area contributed by atoms with Gasteiger partial charge in [0.1, 0.15) is 5.82 Å². The molecular formula is C16H21N5. The average Bonchev–Trinajstić information content (AvgIpc) is 2.85. The minimum atomic E-state index is 0.372. The second kappa shape index (κ2) is 6.25. The highest BCUT2D eigenvalue weighted by atomic mass is 15.3. The maximum Gasteiger partial charge on any atom is 0.124 e. The third-order valence-corrected chi connectivity index (χ3v) is 4.21. The van der Waals surface area contributed by atoms with E-state index in [4.69, 9.17) is 5.26 Å². The molecule has 5 heteroatoms. The number of piperazine rings is 1. The van der Waals surface area contributed by atoms with Gasteiger partial charge in [0.15, 0.2) is 0 Å². The number of aromatic nitrogens is 2. The Bertz CT molecular complexity index is 646. The van der Waals surface area contributed by atoms with Crippen LogP contribution in [-0.4, -0.2) is 59.1 Å². The third kappa shape index (κ3) is 3.07. The first-order valence-corrected chi connectivity index (χ1v) is 7.50. The smallest absolute Gasteiger partial charge is 0.124 e. The fourth-order valence-electron chi connectivity index (χ4n) is 2.89. The number of imidazole rings is 1. The van der Waals surface area contributed by atoms with E-state index in [1.165, 1.54) is 0 Å². The summed E-state index contributed by atoms with van der Waals surface area (Å²) in [6.07, 6.45) is 0.372. The van der Waals surface area contributed by atoms with Crippen LogP contribution in [0.4, 0.5) is 0 Å². The Balaban J connectivity index is 1.76. The molecule has 2 aromatic rings. The fraction of sp³-hybridized carbons (Fsp3) is 0.500. The number of nitrogens with zero attached hydrogens (tertiary/aromatic N) is 5. The number of hydrogen-bond donors (Lipinski definition) is 0. The lowest BCUT2D eigenvalue weighted by Crippen LogP contribution is -2.45. The van der Waals surface area contributed by atoms with Crippen LogP contribution in [0, 0.1) is 11.3 Å². The molecule has 1 aromatic heterocycles. The molecule has 1 saturated heterocycles. The molecule has 0 radical (unpaired) electrons. The second-order valence-electron chi connectivity index (χ2n) is 5.65. The lowest BCUT2D eigenvalue weighted by atomic mass is 10.3. The molecule has 0 atom stereocenters. The van der Waals surface area contributed by atoms with Gasteiger partial charge in [-0.1, -0.05) is 12.1 Å². The molecular weight excluding hydrogens is 262 g/mol. The van der Waals surface area contributed by atoms with Gasteiger partial charge >= 0.3 is 0 Å². The molecule has 0 bridgehead atoms. The van der Waals surface area contributed by atoms with Crippen molar-refractivity contribution in [1.82, 2.24) is 19.4 Å². The summed E-state index contributed by atoms with van der Waals surface area (Å²) in [7, 11) is 2.17. The highest BCUT2D eigenvalue weighted by Gasteiger charge is 2.15. The molecule has 1 aliphatic rings. The van der Waals surface area contributed by atoms with E-state index in [-0.39, 0.29) is 0 Å². The van der Waals surface area contributed by atoms with E-state index < -0.39 is 0 Å². The van der Waals surface area contributed by atoms with Gasteiger partial charge in [-0.05, 0) is 19.2 Å². The molecule has 21 heavy (non-hydrogen) atoms. The summed E-state index contributed by atoms with van der Waals surface area (Å²) in [4.78, 5) is 9.45. The second-order valence-corrected chi connectivity index (χ2v) is 5.65. The molecule has 0 N–H and O–H groups in total. The van der Waals surface area contributed by atoms with Crippen molar-refractivity contribution in [2.24, 2.45) is 0 Å². The summed E-state index contributed by atoms with van der Waals surface area (Å²) in [5.74, 6) is 0.882. The number of hydrogen-bond acceptors (Lipinski definition) is 4. The van der Waals surface area contributed by atoms with Crippen LogP contribution in [0.15, 0.2) is 24.3 Å². The first-order valence-electron chi connectivity index (χ1n) is 7.50. The van der Waals surface area contributed by atoms with Crippen molar-refractivity contribution in [3.8, 4) is 6.07 Å². The zero-order chi connectivity index (χ0) is 14.7. The number of rotatable bonds is 4. The monoisotopic (exact) mass is 283 g/mol. The SMILES string of the molecule is CN1CCN(CCn2c(CC#N)nc3ccccc32)CC1. The molecule has 0 unspecified atom stereocenters. The van der Waals surface area contributed by atoms with E-state index in [1.807, 2.05) is 18.2 Å². The summed E-state index contributed by atoms with van der Waals surface area (Å²) >= 11 is 0. The van der Waals surface area contributed by atoms with Gasteiger partial charge in [-0.2, -0.15) is 5.26 Å². The van der Waals surface area contributed by atoms with Crippen LogP contribution in [0.2, 0.25) is 0 Å². The maximum absolute atomic E-state index is 9.00. The normalized spacial score (nSPS) is 17.1. The summed E-state index contributed by atoms with van der Waals surface area (Å²) < 4.78 is 2.21. The molecule has 0 spiro atoms. The topological polar surface area (TPSA) is 48.1 Å². The number of para-hydroxylation sites is 2. The minimum absolute atomic E-state index is 0.372. The first kappa shape index (κ1) is 14.1. The predicted octanol–water partition coefficient (Wildman–Crippen LogP) is 1.35. The van der Waals surface area contributed by atoms with Crippen LogP contribution in [0.5, 0.6) is 0 Å². The largest absolute Gasteiger partial charge is 0.326 e. The Labute approximate surface area is 125 Å². The zero-order valence-electron chi connectivity index (χ0n) is 12.5. The summed E-state index contributed by atoms with van der Waals surface area (Å²) in [6.45, 7) is 6.44. The summed E-state index contributed by atoms with van der Waals surface area (Å²) in [5.41, 5.74) is 2.12. The molecule has 5 nitrogen and oxygen atoms in total. The highest BCUT2D eigenvalue weighted by molar-refractivity contribution is 5.75. The van der Waals surface area contributed by atoms with Gasteiger partial charge in [0, 0.05) is 39.3 Å². The first-order chi connectivity index (χ1) is 10.3. The summed E-state index contributed by atoms with van der Waals surface area (Å²) in [5, 5.41) is 9.00. The van der Waals surface area contributed by atoms with Crippen molar-refractivity contribution >= 4 is 11.0 Å². The molecule has 110 valence electrons. The van der Waals surface area contributed by atoms with Crippen molar-refractivity contribution in [2.75, 3.05) is 39.8 Å². The molecule has 0 saturated carbocycles. The zero-order valence-corrected chi connectivity index (χ0v) is 12.5. The van der Waals surface area contributed by atoms with Crippen LogP contribution < -0.4 is 0 Å². The van der Waals surface area contributed by atoms with E-state index >= 15 is 0 Å². The number of likely N-dealkylation sites (N-methyl/N-ethyl adjacent to an activating group) is 1. The number of benzene rings is 1. The van der Waals surface area contributed by atoms with Crippen LogP contribution in [-0.2, 0) is 13.0 Å². The quantitative estimate of drug-likeness (QED) is 0.850. The van der Waals surface area contributed by atoms with E-state index in [0.29, 0.717) is 6.42 Å². The van der Waals surface area contributed by atoms with Gasteiger partial charge in [0.05, 0.1) is 23.5 Å². The van der Waals surface area contributed by atoms with Crippen molar-refractivity contribution in [3.05, 3.63) is 30.1 Å². The molecule has 1 fully saturated rings. The van der Waals surface area contributed by atoms with Crippen LogP contribution in [0.3, 0.4) is 0 Å².